The first-order valence-electron chi connectivity index (χ1n) is 6.58. The quantitative estimate of drug-likeness (QED) is 0.522. The number of hydrogen-bond donors (Lipinski definition) is 0. The van der Waals surface area contributed by atoms with Crippen molar-refractivity contribution in [3.8, 4) is 12.1 Å². The van der Waals surface area contributed by atoms with E-state index in [-0.39, 0.29) is 0 Å². The van der Waals surface area contributed by atoms with Gasteiger partial charge in [-0.3, -0.25) is 0 Å². The fourth-order valence-corrected chi connectivity index (χ4v) is 1.99. The lowest BCUT2D eigenvalue weighted by molar-refractivity contribution is -0.702. The maximum Gasteiger partial charge on any atom is 0.253 e. The molecule has 0 radical (unpaired) electrons. The molecule has 0 aliphatic heterocycles. The van der Waals surface area contributed by atoms with E-state index < -0.39 is 0 Å². The number of nitrogens with zero attached hydrogens (tertiary/aromatic N) is 4. The van der Waals surface area contributed by atoms with Crippen molar-refractivity contribution >= 4 is 0 Å². The topological polar surface area (TPSA) is 56.4 Å². The van der Waals surface area contributed by atoms with Crippen LogP contribution in [-0.2, 0) is 13.1 Å². The predicted octanol–water partition coefficient (Wildman–Crippen LogP) is 2.47. The zero-order valence-electron chi connectivity index (χ0n) is 11.1. The van der Waals surface area contributed by atoms with Gasteiger partial charge in [0.25, 0.3) is 5.82 Å². The lowest BCUT2D eigenvalue weighted by Gasteiger charge is -2.00. The van der Waals surface area contributed by atoms with Gasteiger partial charge in [0.05, 0.1) is 25.2 Å². The standard InChI is InChI=1S/C14H21N4/c1-14-17(10-6-2-4-8-15)12-13-18(14)11-7-3-5-9-16/h12-13H,2-7,10-11H2,1H3/q+1. The van der Waals surface area contributed by atoms with Crippen LogP contribution in [0.25, 0.3) is 0 Å². The van der Waals surface area contributed by atoms with E-state index in [9.17, 15) is 0 Å². The first-order chi connectivity index (χ1) is 8.79. The van der Waals surface area contributed by atoms with Gasteiger partial charge in [0.15, 0.2) is 0 Å². The van der Waals surface area contributed by atoms with Crippen LogP contribution < -0.4 is 4.57 Å². The van der Waals surface area contributed by atoms with Gasteiger partial charge in [0.2, 0.25) is 0 Å². The van der Waals surface area contributed by atoms with Crippen molar-refractivity contribution in [2.75, 3.05) is 0 Å². The van der Waals surface area contributed by atoms with E-state index in [0.717, 1.165) is 38.8 Å². The summed E-state index contributed by atoms with van der Waals surface area (Å²) >= 11 is 0. The van der Waals surface area contributed by atoms with Gasteiger partial charge < -0.3 is 0 Å². The molecule has 0 N–H and O–H groups in total. The zero-order valence-corrected chi connectivity index (χ0v) is 11.1. The fourth-order valence-electron chi connectivity index (χ4n) is 1.99. The van der Waals surface area contributed by atoms with Crippen molar-refractivity contribution < 1.29 is 4.57 Å². The highest BCUT2D eigenvalue weighted by molar-refractivity contribution is 4.80. The number of aromatic nitrogens is 2. The zero-order chi connectivity index (χ0) is 13.2. The summed E-state index contributed by atoms with van der Waals surface area (Å²) in [7, 11) is 0. The van der Waals surface area contributed by atoms with Crippen LogP contribution in [0.4, 0.5) is 0 Å². The Kier molecular flexibility index (Phi) is 6.58. The van der Waals surface area contributed by atoms with Crippen molar-refractivity contribution in [2.45, 2.75) is 58.5 Å². The molecule has 4 nitrogen and oxygen atoms in total. The molecule has 0 unspecified atom stereocenters. The van der Waals surface area contributed by atoms with Gasteiger partial charge in [0.1, 0.15) is 12.4 Å². The molecule has 1 aromatic heterocycles. The second-order valence-electron chi connectivity index (χ2n) is 4.46. The molecule has 1 aromatic rings. The van der Waals surface area contributed by atoms with Crippen molar-refractivity contribution in [2.24, 2.45) is 0 Å². The molecule has 0 saturated carbocycles. The van der Waals surface area contributed by atoms with E-state index in [1.54, 1.807) is 0 Å². The third-order valence-electron chi connectivity index (χ3n) is 3.13. The summed E-state index contributed by atoms with van der Waals surface area (Å²) in [6, 6.07) is 4.35. The molecular formula is C14H21N4+. The van der Waals surface area contributed by atoms with Crippen molar-refractivity contribution in [3.63, 3.8) is 0 Å². The number of unbranched alkanes of at least 4 members (excludes halogenated alkanes) is 4. The van der Waals surface area contributed by atoms with Crippen LogP contribution in [-0.4, -0.2) is 4.57 Å². The van der Waals surface area contributed by atoms with Crippen LogP contribution in [0.2, 0.25) is 0 Å². The third-order valence-corrected chi connectivity index (χ3v) is 3.13. The van der Waals surface area contributed by atoms with Gasteiger partial charge >= 0.3 is 0 Å². The molecule has 0 saturated heterocycles. The molecule has 0 aliphatic rings. The van der Waals surface area contributed by atoms with Crippen LogP contribution >= 0.6 is 0 Å². The van der Waals surface area contributed by atoms with Gasteiger partial charge in [0, 0.05) is 19.8 Å². The van der Waals surface area contributed by atoms with Crippen LogP contribution in [0.5, 0.6) is 0 Å². The molecule has 0 aromatic carbocycles. The Morgan fingerprint density at radius 1 is 1.11 bits per heavy atom. The minimum Gasteiger partial charge on any atom is -0.234 e. The number of rotatable bonds is 8. The average molecular weight is 245 g/mol. The highest BCUT2D eigenvalue weighted by Crippen LogP contribution is 2.02. The molecule has 1 rings (SSSR count). The maximum atomic E-state index is 8.48. The SMILES string of the molecule is Cc1n(CCCCC#N)cc[n+]1CCCCC#N. The minimum absolute atomic E-state index is 0.647. The maximum absolute atomic E-state index is 8.48. The van der Waals surface area contributed by atoms with E-state index in [1.807, 2.05) is 0 Å². The molecule has 0 amide bonds. The van der Waals surface area contributed by atoms with Gasteiger partial charge in [-0.15, -0.1) is 0 Å². The largest absolute Gasteiger partial charge is 0.253 e. The van der Waals surface area contributed by atoms with Crippen LogP contribution in [0, 0.1) is 29.6 Å². The average Bonchev–Trinajstić information content (AvgIpc) is 2.72. The second-order valence-corrected chi connectivity index (χ2v) is 4.46. The van der Waals surface area contributed by atoms with Crippen molar-refractivity contribution in [3.05, 3.63) is 18.2 Å². The summed E-state index contributed by atoms with van der Waals surface area (Å²) < 4.78 is 4.48. The Morgan fingerprint density at radius 3 is 2.44 bits per heavy atom. The van der Waals surface area contributed by atoms with Crippen LogP contribution in [0.1, 0.15) is 44.3 Å². The van der Waals surface area contributed by atoms with E-state index in [4.69, 9.17) is 10.5 Å². The molecule has 0 aliphatic carbocycles. The Labute approximate surface area is 109 Å². The van der Waals surface area contributed by atoms with E-state index in [0.29, 0.717) is 12.8 Å². The molecule has 0 bridgehead atoms. The van der Waals surface area contributed by atoms with Gasteiger partial charge in [-0.2, -0.15) is 10.5 Å². The summed E-state index contributed by atoms with van der Waals surface area (Å²) in [4.78, 5) is 0. The number of aryl methyl sites for hydroxylation is 2. The molecule has 0 fully saturated rings. The van der Waals surface area contributed by atoms with Gasteiger partial charge in [-0.25, -0.2) is 9.13 Å². The van der Waals surface area contributed by atoms with Gasteiger partial charge in [-0.05, 0) is 25.7 Å². The molecular weight excluding hydrogens is 224 g/mol. The molecule has 4 heteroatoms. The van der Waals surface area contributed by atoms with Crippen molar-refractivity contribution in [1.29, 1.82) is 10.5 Å². The van der Waals surface area contributed by atoms with Crippen LogP contribution in [0.15, 0.2) is 12.4 Å². The Hall–Kier alpha value is -1.81. The summed E-state index contributed by atoms with van der Waals surface area (Å²) in [5.41, 5.74) is 0. The summed E-state index contributed by atoms with van der Waals surface area (Å²) in [5, 5.41) is 17.0. The van der Waals surface area contributed by atoms with Gasteiger partial charge in [-0.1, -0.05) is 0 Å². The number of hydrogen-bond acceptors (Lipinski definition) is 2. The summed E-state index contributed by atoms with van der Waals surface area (Å²) in [6.45, 7) is 4.09. The normalized spacial score (nSPS) is 9.94. The highest BCUT2D eigenvalue weighted by atomic mass is 15.1. The third kappa shape index (κ3) is 4.59. The molecule has 0 spiro atoms. The lowest BCUT2D eigenvalue weighted by atomic mass is 10.2. The monoisotopic (exact) mass is 245 g/mol. The summed E-state index contributed by atoms with van der Waals surface area (Å²) in [5.74, 6) is 1.25. The smallest absolute Gasteiger partial charge is 0.234 e. The lowest BCUT2D eigenvalue weighted by Crippen LogP contribution is -2.35. The Morgan fingerprint density at radius 2 is 1.78 bits per heavy atom. The first kappa shape index (κ1) is 14.3. The van der Waals surface area contributed by atoms with Crippen molar-refractivity contribution in [1.82, 2.24) is 4.57 Å². The fraction of sp³-hybridized carbons (Fsp3) is 0.643. The Balaban J connectivity index is 2.36. The highest BCUT2D eigenvalue weighted by Gasteiger charge is 2.10. The first-order valence-corrected chi connectivity index (χ1v) is 6.58. The second kappa shape index (κ2) is 8.31. The number of imidazole rings is 1. The minimum atomic E-state index is 0.647. The van der Waals surface area contributed by atoms with Crippen LogP contribution in [0.3, 0.4) is 0 Å². The van der Waals surface area contributed by atoms with E-state index >= 15 is 0 Å². The van der Waals surface area contributed by atoms with E-state index in [2.05, 4.69) is 40.6 Å². The molecule has 1 heterocycles. The predicted molar refractivity (Wildman–Crippen MR) is 68.3 cm³/mol. The Bertz CT molecular complexity index is 394. The molecule has 0 atom stereocenters. The van der Waals surface area contributed by atoms with E-state index in [1.165, 1.54) is 5.82 Å². The summed E-state index contributed by atoms with van der Waals surface area (Å²) in [6.07, 6.45) is 9.54. The molecule has 18 heavy (non-hydrogen) atoms. The number of nitriles is 2. The molecule has 96 valence electrons.